The Labute approximate surface area is 243 Å². The van der Waals surface area contributed by atoms with Gasteiger partial charge >= 0.3 is 13.5 Å². The summed E-state index contributed by atoms with van der Waals surface area (Å²) in [5.41, 5.74) is -0.978. The van der Waals surface area contributed by atoms with Gasteiger partial charge in [0.1, 0.15) is 12.3 Å². The summed E-state index contributed by atoms with van der Waals surface area (Å²) in [4.78, 5) is 42.0. The van der Waals surface area contributed by atoms with Crippen LogP contribution in [-0.2, 0) is 23.2 Å². The van der Waals surface area contributed by atoms with Crippen molar-refractivity contribution in [3.8, 4) is 11.5 Å². The van der Waals surface area contributed by atoms with Gasteiger partial charge in [0.25, 0.3) is 5.56 Å². The highest BCUT2D eigenvalue weighted by Crippen LogP contribution is 2.45. The number of halogens is 2. The van der Waals surface area contributed by atoms with E-state index < -0.39 is 50.0 Å². The second-order valence-electron chi connectivity index (χ2n) is 8.98. The highest BCUT2D eigenvalue weighted by molar-refractivity contribution is 7.47. The van der Waals surface area contributed by atoms with Gasteiger partial charge in [0, 0.05) is 48.9 Å². The molecule has 0 amide bonds. The number of aromatic hydroxyl groups is 1. The van der Waals surface area contributed by atoms with E-state index in [4.69, 9.17) is 51.7 Å². The Morgan fingerprint density at radius 2 is 2.05 bits per heavy atom. The maximum absolute atomic E-state index is 12.4. The standard InChI is InChI=1S/C23H30Cl2N3O12P/c1-12-8-28(23(33)27-22(12)32)19-6-16(40-26-7-14-15(24)5-17(36-2)21(31)20(14)25)18(39-19)11-38-41(34,35)37-10-13(9-30)3-4-29/h5,7-8,13,16,18-19,29-31H,3-4,6,9-11H2,1-2H3,(H,34,35)(H,27,32,33)/b26-7+/t13?,16-,18-,19-/m1/s1. The molecule has 0 aliphatic carbocycles. The fraction of sp³-hybridized carbons (Fsp3) is 0.522. The number of benzene rings is 1. The van der Waals surface area contributed by atoms with E-state index in [1.165, 1.54) is 26.3 Å². The number of hydrogen-bond acceptors (Lipinski definition) is 12. The van der Waals surface area contributed by atoms with Gasteiger partial charge in [0.2, 0.25) is 0 Å². The van der Waals surface area contributed by atoms with Gasteiger partial charge in [-0.25, -0.2) is 9.36 Å². The van der Waals surface area contributed by atoms with Crippen LogP contribution < -0.4 is 16.0 Å². The van der Waals surface area contributed by atoms with E-state index in [2.05, 4.69) is 10.1 Å². The van der Waals surface area contributed by atoms with E-state index in [0.29, 0.717) is 0 Å². The van der Waals surface area contributed by atoms with E-state index in [1.807, 2.05) is 0 Å². The molecule has 0 saturated carbocycles. The van der Waals surface area contributed by atoms with Crippen molar-refractivity contribution in [1.29, 1.82) is 0 Å². The van der Waals surface area contributed by atoms with Crippen LogP contribution in [0, 0.1) is 12.8 Å². The molecule has 0 bridgehead atoms. The van der Waals surface area contributed by atoms with Crippen LogP contribution in [0.5, 0.6) is 11.5 Å². The molecule has 1 fully saturated rings. The SMILES string of the molecule is COc1cc(Cl)c(/C=N/O[C@@H]2C[C@H](n3cc(C)c(=O)[nH]c3=O)O[C@@H]2COP(=O)(O)OCC(CO)CCO)c(Cl)c1O. The van der Waals surface area contributed by atoms with Gasteiger partial charge in [0.15, 0.2) is 17.6 Å². The van der Waals surface area contributed by atoms with Crippen LogP contribution in [0.1, 0.15) is 30.2 Å². The number of oxime groups is 1. The Bertz CT molecular complexity index is 1400. The van der Waals surface area contributed by atoms with Crippen molar-refractivity contribution >= 4 is 37.2 Å². The third kappa shape index (κ3) is 8.53. The zero-order valence-corrected chi connectivity index (χ0v) is 24.3. The van der Waals surface area contributed by atoms with Crippen molar-refractivity contribution in [3.05, 3.63) is 54.3 Å². The Morgan fingerprint density at radius 3 is 2.71 bits per heavy atom. The van der Waals surface area contributed by atoms with Crippen LogP contribution in [0.2, 0.25) is 10.0 Å². The molecule has 1 aliphatic heterocycles. The van der Waals surface area contributed by atoms with E-state index in [1.54, 1.807) is 0 Å². The van der Waals surface area contributed by atoms with Gasteiger partial charge in [-0.1, -0.05) is 28.4 Å². The maximum atomic E-state index is 12.4. The molecule has 2 aromatic rings. The summed E-state index contributed by atoms with van der Waals surface area (Å²) in [6.07, 6.45) is -0.448. The number of aryl methyl sites for hydroxylation is 1. The second kappa shape index (κ2) is 14.6. The molecule has 41 heavy (non-hydrogen) atoms. The van der Waals surface area contributed by atoms with E-state index in [0.717, 1.165) is 10.8 Å². The molecule has 1 aromatic heterocycles. The quantitative estimate of drug-likeness (QED) is 0.113. The fourth-order valence-corrected chi connectivity index (χ4v) is 5.13. The molecule has 1 aromatic carbocycles. The van der Waals surface area contributed by atoms with Crippen molar-refractivity contribution in [3.63, 3.8) is 0 Å². The minimum Gasteiger partial charge on any atom is -0.503 e. The average molecular weight is 642 g/mol. The summed E-state index contributed by atoms with van der Waals surface area (Å²) in [6, 6.07) is 1.32. The smallest absolute Gasteiger partial charge is 0.472 e. The molecule has 18 heteroatoms. The summed E-state index contributed by atoms with van der Waals surface area (Å²) in [6.45, 7) is -0.0365. The topological polar surface area (TPSA) is 211 Å². The lowest BCUT2D eigenvalue weighted by atomic mass is 10.1. The normalized spacial score (nSPS) is 21.2. The molecule has 1 saturated heterocycles. The Hall–Kier alpha value is -2.46. The average Bonchev–Trinajstić information content (AvgIpc) is 3.34. The molecule has 5 N–H and O–H groups in total. The van der Waals surface area contributed by atoms with Crippen LogP contribution in [0.3, 0.4) is 0 Å². The highest BCUT2D eigenvalue weighted by atomic mass is 35.5. The molecular formula is C23H30Cl2N3O12P. The molecule has 228 valence electrons. The van der Waals surface area contributed by atoms with E-state index in [-0.39, 0.29) is 65.3 Å². The number of hydrogen-bond donors (Lipinski definition) is 5. The summed E-state index contributed by atoms with van der Waals surface area (Å²) in [7, 11) is -3.31. The number of methoxy groups -OCH3 is 1. The first-order valence-corrected chi connectivity index (χ1v) is 14.4. The summed E-state index contributed by atoms with van der Waals surface area (Å²) >= 11 is 12.4. The number of phosphoric acid groups is 1. The predicted octanol–water partition coefficient (Wildman–Crippen LogP) is 1.70. The number of phenolic OH excluding ortho intramolecular Hbond substituents is 1. The number of H-pyrrole nitrogens is 1. The lowest BCUT2D eigenvalue weighted by Gasteiger charge is -2.20. The Morgan fingerprint density at radius 1 is 1.32 bits per heavy atom. The van der Waals surface area contributed by atoms with Crippen LogP contribution >= 0.6 is 31.0 Å². The third-order valence-corrected chi connectivity index (χ3v) is 7.74. The number of aromatic amines is 1. The first kappa shape index (κ1) is 33.0. The van der Waals surface area contributed by atoms with Crippen LogP contribution in [-0.4, -0.2) is 81.7 Å². The number of aliphatic hydroxyl groups is 2. The minimum atomic E-state index is -4.64. The van der Waals surface area contributed by atoms with Crippen molar-refractivity contribution in [2.45, 2.75) is 38.2 Å². The molecule has 15 nitrogen and oxygen atoms in total. The van der Waals surface area contributed by atoms with Crippen molar-refractivity contribution < 1.29 is 48.1 Å². The number of rotatable bonds is 14. The van der Waals surface area contributed by atoms with Gasteiger partial charge in [-0.15, -0.1) is 0 Å². The van der Waals surface area contributed by atoms with Crippen molar-refractivity contribution in [1.82, 2.24) is 9.55 Å². The van der Waals surface area contributed by atoms with Crippen molar-refractivity contribution in [2.75, 3.05) is 33.5 Å². The third-order valence-electron chi connectivity index (χ3n) is 6.10. The largest absolute Gasteiger partial charge is 0.503 e. The van der Waals surface area contributed by atoms with Gasteiger partial charge < -0.3 is 34.5 Å². The van der Waals surface area contributed by atoms with Gasteiger partial charge in [-0.2, -0.15) is 0 Å². The zero-order chi connectivity index (χ0) is 30.3. The van der Waals surface area contributed by atoms with E-state index >= 15 is 0 Å². The molecule has 3 rings (SSSR count). The molecule has 0 radical (unpaired) electrons. The molecule has 0 spiro atoms. The fourth-order valence-electron chi connectivity index (χ4n) is 3.78. The van der Waals surface area contributed by atoms with Crippen LogP contribution in [0.25, 0.3) is 0 Å². The number of phenols is 1. The van der Waals surface area contributed by atoms with Gasteiger partial charge in [-0.3, -0.25) is 23.4 Å². The number of nitrogens with one attached hydrogen (secondary N) is 1. The van der Waals surface area contributed by atoms with Crippen molar-refractivity contribution in [2.24, 2.45) is 11.1 Å². The number of ether oxygens (including phenoxy) is 2. The highest BCUT2D eigenvalue weighted by Gasteiger charge is 2.40. The number of aromatic nitrogens is 2. The predicted molar refractivity (Wildman–Crippen MR) is 146 cm³/mol. The molecule has 2 unspecified atom stereocenters. The number of nitrogens with zero attached hydrogens (tertiary/aromatic N) is 2. The Kier molecular flexibility index (Phi) is 11.8. The number of phosphoric ester groups is 1. The Balaban J connectivity index is 1.79. The lowest BCUT2D eigenvalue weighted by molar-refractivity contribution is -0.0619. The first-order valence-electron chi connectivity index (χ1n) is 12.2. The molecule has 1 aliphatic rings. The molecule has 5 atom stereocenters. The van der Waals surface area contributed by atoms with Gasteiger partial charge in [-0.05, 0) is 13.3 Å². The second-order valence-corrected chi connectivity index (χ2v) is 11.2. The number of aliphatic hydroxyl groups excluding tert-OH is 2. The maximum Gasteiger partial charge on any atom is 0.472 e. The molecular weight excluding hydrogens is 612 g/mol. The van der Waals surface area contributed by atoms with Crippen LogP contribution in [0.4, 0.5) is 0 Å². The lowest BCUT2D eigenvalue weighted by Crippen LogP contribution is -2.33. The van der Waals surface area contributed by atoms with Crippen LogP contribution in [0.15, 0.2) is 27.0 Å². The summed E-state index contributed by atoms with van der Waals surface area (Å²) < 4.78 is 34.4. The van der Waals surface area contributed by atoms with E-state index in [9.17, 15) is 29.3 Å². The minimum absolute atomic E-state index is 0.00818. The monoisotopic (exact) mass is 641 g/mol. The zero-order valence-electron chi connectivity index (χ0n) is 21.9. The first-order chi connectivity index (χ1) is 19.4. The molecule has 2 heterocycles. The van der Waals surface area contributed by atoms with Gasteiger partial charge in [0.05, 0.1) is 36.6 Å². The summed E-state index contributed by atoms with van der Waals surface area (Å²) in [5.74, 6) is -0.918. The summed E-state index contributed by atoms with van der Waals surface area (Å²) in [5, 5.41) is 32.3.